The first-order valence-electron chi connectivity index (χ1n) is 4.30. The van der Waals surface area contributed by atoms with Crippen molar-refractivity contribution >= 4 is 11.9 Å². The Morgan fingerprint density at radius 3 is 2.87 bits per heavy atom. The molecule has 4 heteroatoms. The fourth-order valence-corrected chi connectivity index (χ4v) is 1.06. The van der Waals surface area contributed by atoms with Crippen LogP contribution in [0.5, 0.6) is 5.75 Å². The SMILES string of the molecule is CN=C/C=C(\N)c1ccc(C#N)c(O)c1. The lowest BCUT2D eigenvalue weighted by atomic mass is 10.1. The van der Waals surface area contributed by atoms with Gasteiger partial charge in [0.1, 0.15) is 11.8 Å². The van der Waals surface area contributed by atoms with Crippen molar-refractivity contribution < 1.29 is 5.11 Å². The van der Waals surface area contributed by atoms with Gasteiger partial charge in [-0.3, -0.25) is 4.99 Å². The van der Waals surface area contributed by atoms with Crippen LogP contribution >= 0.6 is 0 Å². The van der Waals surface area contributed by atoms with E-state index in [2.05, 4.69) is 4.99 Å². The predicted molar refractivity (Wildman–Crippen MR) is 59.4 cm³/mol. The average Bonchev–Trinajstić information content (AvgIpc) is 2.25. The van der Waals surface area contributed by atoms with E-state index in [4.69, 9.17) is 11.0 Å². The number of nitrogens with two attached hydrogens (primary N) is 1. The first kappa shape index (κ1) is 10.8. The minimum atomic E-state index is -0.0696. The summed E-state index contributed by atoms with van der Waals surface area (Å²) >= 11 is 0. The summed E-state index contributed by atoms with van der Waals surface area (Å²) in [5, 5.41) is 18.0. The van der Waals surface area contributed by atoms with Crippen molar-refractivity contribution in [1.82, 2.24) is 0 Å². The van der Waals surface area contributed by atoms with Crippen LogP contribution in [0.4, 0.5) is 0 Å². The zero-order valence-electron chi connectivity index (χ0n) is 8.31. The van der Waals surface area contributed by atoms with Crippen molar-refractivity contribution in [2.24, 2.45) is 10.7 Å². The van der Waals surface area contributed by atoms with Crippen molar-refractivity contribution in [3.8, 4) is 11.8 Å². The number of allylic oxidation sites excluding steroid dienone is 1. The molecule has 0 bridgehead atoms. The molecular weight excluding hydrogens is 190 g/mol. The van der Waals surface area contributed by atoms with Gasteiger partial charge in [0.2, 0.25) is 0 Å². The molecule has 0 spiro atoms. The molecule has 4 nitrogen and oxygen atoms in total. The summed E-state index contributed by atoms with van der Waals surface area (Å²) < 4.78 is 0. The van der Waals surface area contributed by atoms with Gasteiger partial charge in [-0.05, 0) is 18.2 Å². The molecule has 3 N–H and O–H groups in total. The third-order valence-corrected chi connectivity index (χ3v) is 1.85. The molecule has 1 rings (SSSR count). The standard InChI is InChI=1S/C11H11N3O/c1-14-5-4-10(13)8-2-3-9(7-12)11(15)6-8/h2-6,15H,13H2,1H3/b10-4-,14-5?. The zero-order valence-corrected chi connectivity index (χ0v) is 8.31. The summed E-state index contributed by atoms with van der Waals surface area (Å²) in [4.78, 5) is 3.76. The molecule has 0 fully saturated rings. The van der Waals surface area contributed by atoms with Crippen LogP contribution in [0.2, 0.25) is 0 Å². The van der Waals surface area contributed by atoms with Crippen molar-refractivity contribution in [2.75, 3.05) is 7.05 Å². The Hall–Kier alpha value is -2.28. The molecular formula is C11H11N3O. The Balaban J connectivity index is 3.09. The van der Waals surface area contributed by atoms with Gasteiger partial charge < -0.3 is 10.8 Å². The quantitative estimate of drug-likeness (QED) is 0.707. The zero-order chi connectivity index (χ0) is 11.3. The van der Waals surface area contributed by atoms with Crippen molar-refractivity contribution in [2.45, 2.75) is 0 Å². The number of aromatic hydroxyl groups is 1. The van der Waals surface area contributed by atoms with Crippen LogP contribution in [0.3, 0.4) is 0 Å². The Morgan fingerprint density at radius 1 is 1.60 bits per heavy atom. The summed E-state index contributed by atoms with van der Waals surface area (Å²) in [6, 6.07) is 6.52. The summed E-state index contributed by atoms with van der Waals surface area (Å²) in [5.74, 6) is -0.0696. The van der Waals surface area contributed by atoms with Crippen LogP contribution < -0.4 is 5.73 Å². The minimum Gasteiger partial charge on any atom is -0.507 e. The highest BCUT2D eigenvalue weighted by Crippen LogP contribution is 2.20. The lowest BCUT2D eigenvalue weighted by Crippen LogP contribution is -1.96. The van der Waals surface area contributed by atoms with Crippen molar-refractivity contribution in [3.05, 3.63) is 35.4 Å². The Kier molecular flexibility index (Phi) is 3.47. The second-order valence-corrected chi connectivity index (χ2v) is 2.87. The van der Waals surface area contributed by atoms with E-state index in [0.717, 1.165) is 0 Å². The number of hydrogen-bond acceptors (Lipinski definition) is 4. The topological polar surface area (TPSA) is 82.4 Å². The molecule has 0 saturated carbocycles. The van der Waals surface area contributed by atoms with Crippen LogP contribution in [-0.2, 0) is 0 Å². The van der Waals surface area contributed by atoms with Crippen LogP contribution in [0.1, 0.15) is 11.1 Å². The molecule has 0 radical (unpaired) electrons. The number of rotatable bonds is 2. The third kappa shape index (κ3) is 2.58. The molecule has 1 aromatic carbocycles. The maximum atomic E-state index is 9.43. The van der Waals surface area contributed by atoms with Gasteiger partial charge in [-0.2, -0.15) is 5.26 Å². The van der Waals surface area contributed by atoms with Gasteiger partial charge in [0, 0.05) is 24.5 Å². The van der Waals surface area contributed by atoms with Crippen molar-refractivity contribution in [1.29, 1.82) is 5.26 Å². The molecule has 0 atom stereocenters. The molecule has 0 heterocycles. The summed E-state index contributed by atoms with van der Waals surface area (Å²) in [5.41, 5.74) is 7.09. The fraction of sp³-hybridized carbons (Fsp3) is 0.0909. The highest BCUT2D eigenvalue weighted by Gasteiger charge is 2.02. The van der Waals surface area contributed by atoms with Crippen LogP contribution in [0.25, 0.3) is 5.70 Å². The van der Waals surface area contributed by atoms with E-state index in [1.165, 1.54) is 12.1 Å². The van der Waals surface area contributed by atoms with Gasteiger partial charge in [-0.1, -0.05) is 6.07 Å². The van der Waals surface area contributed by atoms with Gasteiger partial charge in [0.15, 0.2) is 0 Å². The molecule has 0 unspecified atom stereocenters. The largest absolute Gasteiger partial charge is 0.507 e. The molecule has 0 aliphatic heterocycles. The fourth-order valence-electron chi connectivity index (χ4n) is 1.06. The Bertz CT molecular complexity index is 455. The second kappa shape index (κ2) is 4.82. The van der Waals surface area contributed by atoms with E-state index >= 15 is 0 Å². The number of hydrogen-bond donors (Lipinski definition) is 2. The van der Waals surface area contributed by atoms with Crippen LogP contribution in [-0.4, -0.2) is 18.4 Å². The number of benzene rings is 1. The van der Waals surface area contributed by atoms with E-state index in [1.807, 2.05) is 6.07 Å². The number of nitrogens with zero attached hydrogens (tertiary/aromatic N) is 2. The number of aliphatic imine (C=N–C) groups is 1. The van der Waals surface area contributed by atoms with Gasteiger partial charge in [0.05, 0.1) is 5.56 Å². The molecule has 0 saturated heterocycles. The predicted octanol–water partition coefficient (Wildman–Crippen LogP) is 1.26. The van der Waals surface area contributed by atoms with E-state index in [0.29, 0.717) is 11.3 Å². The lowest BCUT2D eigenvalue weighted by Gasteiger charge is -2.02. The molecule has 0 aromatic heterocycles. The van der Waals surface area contributed by atoms with Gasteiger partial charge >= 0.3 is 0 Å². The first-order chi connectivity index (χ1) is 7.19. The van der Waals surface area contributed by atoms with E-state index in [-0.39, 0.29) is 11.3 Å². The van der Waals surface area contributed by atoms with Crippen LogP contribution in [0.15, 0.2) is 29.3 Å². The molecule has 15 heavy (non-hydrogen) atoms. The number of phenolic OH excluding ortho intramolecular Hbond substituents is 1. The monoisotopic (exact) mass is 201 g/mol. The number of nitriles is 1. The molecule has 0 aliphatic carbocycles. The highest BCUT2D eigenvalue weighted by molar-refractivity contribution is 5.83. The lowest BCUT2D eigenvalue weighted by molar-refractivity contribution is 0.473. The molecule has 0 aliphatic rings. The van der Waals surface area contributed by atoms with Crippen LogP contribution in [0, 0.1) is 11.3 Å². The first-order valence-corrected chi connectivity index (χ1v) is 4.30. The Morgan fingerprint density at radius 2 is 2.33 bits per heavy atom. The molecule has 1 aromatic rings. The number of phenols is 1. The van der Waals surface area contributed by atoms with Gasteiger partial charge in [-0.25, -0.2) is 0 Å². The molecule has 76 valence electrons. The van der Waals surface area contributed by atoms with E-state index in [1.54, 1.807) is 25.4 Å². The third-order valence-electron chi connectivity index (χ3n) is 1.85. The smallest absolute Gasteiger partial charge is 0.134 e. The minimum absolute atomic E-state index is 0.0696. The maximum Gasteiger partial charge on any atom is 0.134 e. The van der Waals surface area contributed by atoms with Gasteiger partial charge in [-0.15, -0.1) is 0 Å². The second-order valence-electron chi connectivity index (χ2n) is 2.87. The highest BCUT2D eigenvalue weighted by atomic mass is 16.3. The Labute approximate surface area is 88.0 Å². The van der Waals surface area contributed by atoms with Gasteiger partial charge in [0.25, 0.3) is 0 Å². The average molecular weight is 201 g/mol. The molecule has 0 amide bonds. The summed E-state index contributed by atoms with van der Waals surface area (Å²) in [7, 11) is 1.64. The summed E-state index contributed by atoms with van der Waals surface area (Å²) in [6.07, 6.45) is 3.19. The van der Waals surface area contributed by atoms with E-state index in [9.17, 15) is 5.11 Å². The van der Waals surface area contributed by atoms with Crippen molar-refractivity contribution in [3.63, 3.8) is 0 Å². The summed E-state index contributed by atoms with van der Waals surface area (Å²) in [6.45, 7) is 0. The maximum absolute atomic E-state index is 9.43. The normalized spacial score (nSPS) is 11.6. The van der Waals surface area contributed by atoms with E-state index < -0.39 is 0 Å².